The van der Waals surface area contributed by atoms with Crippen LogP contribution in [0.3, 0.4) is 0 Å². The van der Waals surface area contributed by atoms with Crippen molar-refractivity contribution in [2.24, 2.45) is 0 Å². The van der Waals surface area contributed by atoms with Gasteiger partial charge in [-0.15, -0.1) is 23.2 Å². The summed E-state index contributed by atoms with van der Waals surface area (Å²) in [5.41, 5.74) is 1.40. The van der Waals surface area contributed by atoms with Crippen molar-refractivity contribution in [2.75, 3.05) is 7.11 Å². The highest BCUT2D eigenvalue weighted by Crippen LogP contribution is 2.29. The molecule has 0 aromatic heterocycles. The Morgan fingerprint density at radius 2 is 1.03 bits per heavy atom. The number of ether oxygens (including phenoxy) is 1. The average Bonchev–Trinajstić information content (AvgIpc) is 2.82. The number of alkyl halides is 2. The molecule has 5 nitrogen and oxygen atoms in total. The topological polar surface area (TPSA) is 77.5 Å². The molecule has 2 aliphatic carbocycles. The number of rotatable bonds is 1. The first-order chi connectivity index (χ1) is 14.8. The number of halogens is 3. The van der Waals surface area contributed by atoms with Crippen LogP contribution in [-0.2, 0) is 4.74 Å². The number of allylic oxidation sites excluding steroid dienone is 2. The van der Waals surface area contributed by atoms with Crippen LogP contribution < -0.4 is 0 Å². The molecule has 2 atom stereocenters. The maximum atomic E-state index is 11.8. The Kier molecular flexibility index (Phi) is 8.57. The monoisotopic (exact) mass is 480 g/mol. The van der Waals surface area contributed by atoms with Crippen LogP contribution in [0.5, 0.6) is 0 Å². The minimum atomic E-state index is -0.945. The lowest BCUT2D eigenvalue weighted by atomic mass is 9.89. The van der Waals surface area contributed by atoms with Crippen LogP contribution in [0.25, 0.3) is 0 Å². The molecule has 0 N–H and O–H groups in total. The highest BCUT2D eigenvalue weighted by molar-refractivity contribution is 6.50. The van der Waals surface area contributed by atoms with E-state index >= 15 is 0 Å². The minimum absolute atomic E-state index is 0.0830. The zero-order valence-corrected chi connectivity index (χ0v) is 19.2. The number of hydrogen-bond acceptors (Lipinski definition) is 5. The van der Waals surface area contributed by atoms with Crippen LogP contribution in [0.2, 0.25) is 0 Å². The molecule has 0 aliphatic heterocycles. The first-order valence-corrected chi connectivity index (χ1v) is 10.6. The lowest BCUT2D eigenvalue weighted by Gasteiger charge is -2.21. The van der Waals surface area contributed by atoms with Crippen molar-refractivity contribution in [3.8, 4) is 0 Å². The number of carbonyl (C=O) groups excluding carboxylic acids is 4. The summed E-state index contributed by atoms with van der Waals surface area (Å²) in [6.45, 7) is 4.00. The van der Waals surface area contributed by atoms with E-state index in [0.29, 0.717) is 22.3 Å². The molecule has 8 heteroatoms. The summed E-state index contributed by atoms with van der Waals surface area (Å²) in [5.74, 6) is -1.36. The lowest BCUT2D eigenvalue weighted by molar-refractivity contribution is 0.0899. The number of Topliss-reactive ketones (excluding diaryl/α,β-unsaturated/α-hetero) is 4. The molecule has 31 heavy (non-hydrogen) atoms. The summed E-state index contributed by atoms with van der Waals surface area (Å²) in [6.07, 6.45) is 0. The lowest BCUT2D eigenvalue weighted by Crippen LogP contribution is -2.38. The van der Waals surface area contributed by atoms with E-state index in [-0.39, 0.29) is 33.9 Å². The third-order valence-corrected chi connectivity index (χ3v) is 5.81. The average molecular weight is 482 g/mol. The predicted octanol–water partition coefficient (Wildman–Crippen LogP) is 5.47. The summed E-state index contributed by atoms with van der Waals surface area (Å²) < 4.78 is 4.82. The Balaban J connectivity index is 0.000000204. The van der Waals surface area contributed by atoms with Crippen LogP contribution in [-0.4, -0.2) is 41.0 Å². The first kappa shape index (κ1) is 24.8. The second-order valence-electron chi connectivity index (χ2n) is 6.13. The van der Waals surface area contributed by atoms with Gasteiger partial charge in [0.1, 0.15) is 15.8 Å². The zero-order valence-electron chi connectivity index (χ0n) is 16.9. The molecule has 2 unspecified atom stereocenters. The van der Waals surface area contributed by atoms with E-state index < -0.39 is 10.8 Å². The number of carbonyl (C=O) groups is 4. The largest absolute Gasteiger partial charge is 0.491 e. The van der Waals surface area contributed by atoms with E-state index in [1.54, 1.807) is 48.5 Å². The normalized spacial score (nSPS) is 19.4. The molecule has 0 saturated heterocycles. The number of ketones is 4. The van der Waals surface area contributed by atoms with Crippen molar-refractivity contribution in [1.82, 2.24) is 0 Å². The maximum absolute atomic E-state index is 11.8. The van der Waals surface area contributed by atoms with Gasteiger partial charge in [0.2, 0.25) is 11.6 Å². The fourth-order valence-electron chi connectivity index (χ4n) is 2.98. The van der Waals surface area contributed by atoms with Gasteiger partial charge in [0.25, 0.3) is 0 Å². The van der Waals surface area contributed by atoms with E-state index in [0.717, 1.165) is 0 Å². The summed E-state index contributed by atoms with van der Waals surface area (Å²) in [7, 11) is 1.32. The number of hydrogen-bond donors (Lipinski definition) is 0. The van der Waals surface area contributed by atoms with Gasteiger partial charge in [-0.1, -0.05) is 74.0 Å². The number of fused-ring (bicyclic) bond motifs is 2. The maximum Gasteiger partial charge on any atom is 0.229 e. The van der Waals surface area contributed by atoms with Gasteiger partial charge in [-0.05, 0) is 0 Å². The molecule has 2 aromatic rings. The number of methoxy groups -OCH3 is 1. The molecule has 2 aromatic carbocycles. The highest BCUT2D eigenvalue weighted by Gasteiger charge is 2.38. The second kappa shape index (κ2) is 10.7. The molecule has 0 saturated carbocycles. The molecule has 0 heterocycles. The molecule has 162 valence electrons. The van der Waals surface area contributed by atoms with Gasteiger partial charge in [0.05, 0.1) is 7.11 Å². The van der Waals surface area contributed by atoms with Crippen LogP contribution >= 0.6 is 34.8 Å². The van der Waals surface area contributed by atoms with Gasteiger partial charge in [-0.2, -0.15) is 0 Å². The molecule has 0 spiro atoms. The summed E-state index contributed by atoms with van der Waals surface area (Å²) >= 11 is 17.2. The third-order valence-electron chi connectivity index (χ3n) is 4.44. The molecule has 0 amide bonds. The summed E-state index contributed by atoms with van der Waals surface area (Å²) in [5, 5.41) is -2.04. The Morgan fingerprint density at radius 3 is 1.42 bits per heavy atom. The predicted molar refractivity (Wildman–Crippen MR) is 121 cm³/mol. The molecule has 2 aliphatic rings. The van der Waals surface area contributed by atoms with Crippen molar-refractivity contribution in [2.45, 2.75) is 24.6 Å². The Labute approximate surface area is 194 Å². The van der Waals surface area contributed by atoms with Gasteiger partial charge in [0.15, 0.2) is 17.3 Å². The zero-order chi connectivity index (χ0) is 23.3. The Hall–Kier alpha value is -2.47. The van der Waals surface area contributed by atoms with Gasteiger partial charge in [-0.3, -0.25) is 19.2 Å². The fraction of sp³-hybridized carbons (Fsp3) is 0.217. The second-order valence-corrected chi connectivity index (χ2v) is 7.45. The van der Waals surface area contributed by atoms with E-state index in [4.69, 9.17) is 39.5 Å². The summed E-state index contributed by atoms with van der Waals surface area (Å²) in [6, 6.07) is 13.1. The molecular formula is C23H19Cl3O5. The Bertz CT molecular complexity index is 1040. The van der Waals surface area contributed by atoms with Crippen LogP contribution in [0.15, 0.2) is 59.3 Å². The van der Waals surface area contributed by atoms with Crippen molar-refractivity contribution >= 4 is 57.9 Å². The van der Waals surface area contributed by atoms with Crippen molar-refractivity contribution in [1.29, 1.82) is 0 Å². The minimum Gasteiger partial charge on any atom is -0.491 e. The van der Waals surface area contributed by atoms with Gasteiger partial charge >= 0.3 is 0 Å². The van der Waals surface area contributed by atoms with Gasteiger partial charge in [-0.25, -0.2) is 0 Å². The SMILES string of the molecule is CC.COC1=C(Cl)C(=O)c2ccccc2C1=O.O=C1c2ccccc2C(=O)C(Cl)C1Cl. The van der Waals surface area contributed by atoms with Gasteiger partial charge in [0, 0.05) is 22.3 Å². The van der Waals surface area contributed by atoms with Crippen LogP contribution in [0, 0.1) is 0 Å². The van der Waals surface area contributed by atoms with E-state index in [2.05, 4.69) is 0 Å². The number of benzene rings is 2. The first-order valence-electron chi connectivity index (χ1n) is 9.37. The summed E-state index contributed by atoms with van der Waals surface area (Å²) in [4.78, 5) is 46.7. The van der Waals surface area contributed by atoms with Crippen LogP contribution in [0.1, 0.15) is 55.3 Å². The fourth-order valence-corrected chi connectivity index (χ4v) is 3.71. The Morgan fingerprint density at radius 1 is 0.677 bits per heavy atom. The highest BCUT2D eigenvalue weighted by atomic mass is 35.5. The standard InChI is InChI=1S/C11H7ClO3.C10H6Cl2O2.C2H6/c1-15-11-8(12)9(13)6-4-2-3-5-7(6)10(11)14;11-7-8(12)10(14)6-4-2-1-3-5(6)9(7)13;1-2/h2-5H,1H3;1-4,7-8H;1-2H3. The van der Waals surface area contributed by atoms with Gasteiger partial charge < -0.3 is 4.74 Å². The van der Waals surface area contributed by atoms with E-state index in [9.17, 15) is 19.2 Å². The molecule has 0 bridgehead atoms. The third kappa shape index (κ3) is 4.74. The molecule has 0 fully saturated rings. The van der Waals surface area contributed by atoms with Crippen molar-refractivity contribution in [3.63, 3.8) is 0 Å². The van der Waals surface area contributed by atoms with E-state index in [1.807, 2.05) is 13.8 Å². The molecule has 0 radical (unpaired) electrons. The smallest absolute Gasteiger partial charge is 0.229 e. The van der Waals surface area contributed by atoms with Crippen LogP contribution in [0.4, 0.5) is 0 Å². The van der Waals surface area contributed by atoms with Crippen molar-refractivity contribution in [3.05, 3.63) is 81.6 Å². The van der Waals surface area contributed by atoms with E-state index in [1.165, 1.54) is 7.11 Å². The molecular weight excluding hydrogens is 463 g/mol. The molecule has 4 rings (SSSR count). The quantitative estimate of drug-likeness (QED) is 0.505. The van der Waals surface area contributed by atoms with Crippen molar-refractivity contribution < 1.29 is 23.9 Å².